The van der Waals surface area contributed by atoms with Crippen molar-refractivity contribution >= 4 is 29.0 Å². The average Bonchev–Trinajstić information content (AvgIpc) is 2.31. The number of nitrogen functional groups attached to an aromatic ring is 1. The Morgan fingerprint density at radius 2 is 2.00 bits per heavy atom. The summed E-state index contributed by atoms with van der Waals surface area (Å²) in [5, 5.41) is 2.33. The van der Waals surface area contributed by atoms with Gasteiger partial charge in [-0.05, 0) is 24.3 Å². The normalized spacial score (nSPS) is 10.3. The highest BCUT2D eigenvalue weighted by molar-refractivity contribution is 6.30. The first-order chi connectivity index (χ1) is 8.95. The first kappa shape index (κ1) is 13.2. The lowest BCUT2D eigenvalue weighted by Crippen LogP contribution is -2.13. The molecule has 0 aliphatic heterocycles. The molecule has 4 nitrogen and oxygen atoms in total. The molecule has 3 N–H and O–H groups in total. The second kappa shape index (κ2) is 5.19. The molecular weight excluding hydrogens is 276 g/mol. The molecule has 7 heteroatoms. The highest BCUT2D eigenvalue weighted by atomic mass is 35.5. The van der Waals surface area contributed by atoms with Gasteiger partial charge in [-0.25, -0.2) is 13.8 Å². The van der Waals surface area contributed by atoms with Crippen molar-refractivity contribution < 1.29 is 13.6 Å². The van der Waals surface area contributed by atoms with Gasteiger partial charge in [0, 0.05) is 11.6 Å². The number of carbonyl (C=O) groups is 1. The highest BCUT2D eigenvalue weighted by Crippen LogP contribution is 2.18. The second-order valence-corrected chi connectivity index (χ2v) is 4.07. The van der Waals surface area contributed by atoms with Crippen molar-refractivity contribution in [3.63, 3.8) is 0 Å². The van der Waals surface area contributed by atoms with Gasteiger partial charge >= 0.3 is 0 Å². The minimum absolute atomic E-state index is 0.0460. The number of pyridine rings is 1. The van der Waals surface area contributed by atoms with Gasteiger partial charge < -0.3 is 11.1 Å². The summed E-state index contributed by atoms with van der Waals surface area (Å²) in [4.78, 5) is 15.5. The van der Waals surface area contributed by atoms with Crippen molar-refractivity contribution in [2.24, 2.45) is 0 Å². The van der Waals surface area contributed by atoms with Crippen LogP contribution in [-0.2, 0) is 0 Å². The van der Waals surface area contributed by atoms with Crippen LogP contribution in [0.2, 0.25) is 5.15 Å². The number of amides is 1. The van der Waals surface area contributed by atoms with Crippen molar-refractivity contribution in [3.8, 4) is 0 Å². The van der Waals surface area contributed by atoms with Gasteiger partial charge in [-0.15, -0.1) is 0 Å². The summed E-state index contributed by atoms with van der Waals surface area (Å²) in [5.41, 5.74) is 5.43. The van der Waals surface area contributed by atoms with Crippen LogP contribution in [0.3, 0.4) is 0 Å². The summed E-state index contributed by atoms with van der Waals surface area (Å²) in [7, 11) is 0. The van der Waals surface area contributed by atoms with Crippen LogP contribution in [0.15, 0.2) is 30.3 Å². The van der Waals surface area contributed by atoms with Crippen molar-refractivity contribution in [3.05, 3.63) is 52.7 Å². The third-order valence-electron chi connectivity index (χ3n) is 2.26. The van der Waals surface area contributed by atoms with Gasteiger partial charge in [-0.3, -0.25) is 4.79 Å². The number of halogens is 3. The van der Waals surface area contributed by atoms with E-state index in [0.29, 0.717) is 6.07 Å². The fraction of sp³-hybridized carbons (Fsp3) is 0. The van der Waals surface area contributed by atoms with Gasteiger partial charge in [0.05, 0.1) is 5.69 Å². The van der Waals surface area contributed by atoms with E-state index in [1.165, 1.54) is 12.1 Å². The molecule has 0 fully saturated rings. The molecule has 98 valence electrons. The number of aromatic nitrogens is 1. The first-order valence-electron chi connectivity index (χ1n) is 5.15. The van der Waals surface area contributed by atoms with Gasteiger partial charge in [-0.1, -0.05) is 11.6 Å². The maximum absolute atomic E-state index is 13.4. The SMILES string of the molecule is Nc1cc(C(=O)Nc2ccc(F)cc2F)cc(Cl)n1. The molecule has 1 heterocycles. The van der Waals surface area contributed by atoms with Crippen LogP contribution >= 0.6 is 11.6 Å². The van der Waals surface area contributed by atoms with E-state index in [1.807, 2.05) is 0 Å². The van der Waals surface area contributed by atoms with Crippen molar-refractivity contribution in [2.45, 2.75) is 0 Å². The molecule has 0 spiro atoms. The summed E-state index contributed by atoms with van der Waals surface area (Å²) in [6, 6.07) is 5.40. The number of carbonyl (C=O) groups excluding carboxylic acids is 1. The highest BCUT2D eigenvalue weighted by Gasteiger charge is 2.11. The standard InChI is InChI=1S/C12H8ClF2N3O/c13-10-3-6(4-11(16)18-10)12(19)17-9-2-1-7(14)5-8(9)15/h1-5H,(H2,16,18)(H,17,19). The van der Waals surface area contributed by atoms with Gasteiger partial charge in [0.2, 0.25) is 0 Å². The Morgan fingerprint density at radius 3 is 2.63 bits per heavy atom. The summed E-state index contributed by atoms with van der Waals surface area (Å²) in [6.45, 7) is 0. The number of anilines is 2. The van der Waals surface area contributed by atoms with E-state index in [-0.39, 0.29) is 22.2 Å². The monoisotopic (exact) mass is 283 g/mol. The summed E-state index contributed by atoms with van der Waals surface area (Å²) in [6.07, 6.45) is 0. The first-order valence-corrected chi connectivity index (χ1v) is 5.53. The summed E-state index contributed by atoms with van der Waals surface area (Å²) in [5.74, 6) is -2.16. The van der Waals surface area contributed by atoms with Crippen molar-refractivity contribution in [1.29, 1.82) is 0 Å². The lowest BCUT2D eigenvalue weighted by atomic mass is 10.2. The zero-order chi connectivity index (χ0) is 14.0. The average molecular weight is 284 g/mol. The summed E-state index contributed by atoms with van der Waals surface area (Å²) < 4.78 is 26.1. The third kappa shape index (κ3) is 3.17. The Bertz CT molecular complexity index is 629. The largest absolute Gasteiger partial charge is 0.384 e. The molecule has 2 aromatic rings. The van der Waals surface area contributed by atoms with Gasteiger partial charge in [0.1, 0.15) is 22.6 Å². The Kier molecular flexibility index (Phi) is 3.62. The second-order valence-electron chi connectivity index (χ2n) is 3.68. The van der Waals surface area contributed by atoms with Gasteiger partial charge in [0.25, 0.3) is 5.91 Å². The Morgan fingerprint density at radius 1 is 1.26 bits per heavy atom. The molecule has 1 aromatic heterocycles. The van der Waals surface area contributed by atoms with Crippen LogP contribution in [-0.4, -0.2) is 10.9 Å². The minimum Gasteiger partial charge on any atom is -0.384 e. The zero-order valence-corrected chi connectivity index (χ0v) is 10.2. The van der Waals surface area contributed by atoms with Crippen LogP contribution in [0, 0.1) is 11.6 Å². The molecule has 0 bridgehead atoms. The maximum atomic E-state index is 13.4. The van der Waals surface area contributed by atoms with Crippen molar-refractivity contribution in [1.82, 2.24) is 4.98 Å². The molecule has 0 aliphatic rings. The predicted octanol–water partition coefficient (Wildman–Crippen LogP) is 2.85. The van der Waals surface area contributed by atoms with Crippen LogP contribution in [0.25, 0.3) is 0 Å². The Labute approximate surface area is 112 Å². The number of hydrogen-bond acceptors (Lipinski definition) is 3. The molecule has 2 rings (SSSR count). The fourth-order valence-electron chi connectivity index (χ4n) is 1.43. The number of nitrogens with two attached hydrogens (primary N) is 1. The minimum atomic E-state index is -0.874. The number of nitrogens with one attached hydrogen (secondary N) is 1. The van der Waals surface area contributed by atoms with Crippen LogP contribution in [0.5, 0.6) is 0 Å². The predicted molar refractivity (Wildman–Crippen MR) is 68.0 cm³/mol. The number of nitrogens with zero attached hydrogens (tertiary/aromatic N) is 1. The molecule has 0 atom stereocenters. The van der Waals surface area contributed by atoms with E-state index < -0.39 is 17.5 Å². The molecule has 0 unspecified atom stereocenters. The molecule has 0 radical (unpaired) electrons. The van der Waals surface area contributed by atoms with E-state index in [9.17, 15) is 13.6 Å². The van der Waals surface area contributed by atoms with E-state index in [0.717, 1.165) is 12.1 Å². The molecule has 1 amide bonds. The quantitative estimate of drug-likeness (QED) is 0.833. The Balaban J connectivity index is 2.25. The molecular formula is C12H8ClF2N3O. The van der Waals surface area contributed by atoms with Crippen LogP contribution in [0.4, 0.5) is 20.3 Å². The van der Waals surface area contributed by atoms with Gasteiger partial charge in [-0.2, -0.15) is 0 Å². The van der Waals surface area contributed by atoms with Gasteiger partial charge in [0.15, 0.2) is 0 Å². The smallest absolute Gasteiger partial charge is 0.255 e. The number of hydrogen-bond donors (Lipinski definition) is 2. The van der Waals surface area contributed by atoms with E-state index in [4.69, 9.17) is 17.3 Å². The number of benzene rings is 1. The molecule has 1 aromatic carbocycles. The summed E-state index contributed by atoms with van der Waals surface area (Å²) >= 11 is 5.65. The van der Waals surface area contributed by atoms with Crippen molar-refractivity contribution in [2.75, 3.05) is 11.1 Å². The molecule has 0 saturated heterocycles. The maximum Gasteiger partial charge on any atom is 0.255 e. The lowest BCUT2D eigenvalue weighted by Gasteiger charge is -2.07. The Hall–Kier alpha value is -2.21. The zero-order valence-electron chi connectivity index (χ0n) is 9.45. The van der Waals surface area contributed by atoms with Crippen LogP contribution in [0.1, 0.15) is 10.4 Å². The third-order valence-corrected chi connectivity index (χ3v) is 2.45. The topological polar surface area (TPSA) is 68.0 Å². The lowest BCUT2D eigenvalue weighted by molar-refractivity contribution is 0.102. The van der Waals surface area contributed by atoms with E-state index >= 15 is 0 Å². The molecule has 0 aliphatic carbocycles. The fourth-order valence-corrected chi connectivity index (χ4v) is 1.65. The molecule has 0 saturated carbocycles. The molecule has 19 heavy (non-hydrogen) atoms. The van der Waals surface area contributed by atoms with E-state index in [2.05, 4.69) is 10.3 Å². The number of rotatable bonds is 2. The van der Waals surface area contributed by atoms with E-state index in [1.54, 1.807) is 0 Å². The van der Waals surface area contributed by atoms with Crippen LogP contribution < -0.4 is 11.1 Å².